The number of anilines is 1. The summed E-state index contributed by atoms with van der Waals surface area (Å²) in [6.07, 6.45) is 0.953. The van der Waals surface area contributed by atoms with Crippen LogP contribution in [0, 0.1) is 13.8 Å². The number of aromatic nitrogens is 1. The van der Waals surface area contributed by atoms with E-state index in [1.54, 1.807) is 29.5 Å². The van der Waals surface area contributed by atoms with E-state index >= 15 is 0 Å². The molecule has 180 valence electrons. The molecule has 0 saturated carbocycles. The summed E-state index contributed by atoms with van der Waals surface area (Å²) in [6, 6.07) is 11.6. The quantitative estimate of drug-likeness (QED) is 0.531. The van der Waals surface area contributed by atoms with E-state index in [1.165, 1.54) is 12.1 Å². The van der Waals surface area contributed by atoms with E-state index < -0.39 is 10.0 Å². The van der Waals surface area contributed by atoms with E-state index in [0.717, 1.165) is 47.9 Å². The fraction of sp³-hybridized carbons (Fsp3) is 0.360. The van der Waals surface area contributed by atoms with Gasteiger partial charge in [-0.3, -0.25) is 14.4 Å². The number of amides is 1. The Labute approximate surface area is 205 Å². The van der Waals surface area contributed by atoms with E-state index in [1.807, 2.05) is 30.9 Å². The van der Waals surface area contributed by atoms with E-state index in [0.29, 0.717) is 24.3 Å². The number of benzene rings is 2. The first-order chi connectivity index (χ1) is 16.2. The number of hydrogen-bond donors (Lipinski definition) is 1. The molecule has 1 aliphatic heterocycles. The van der Waals surface area contributed by atoms with Crippen molar-refractivity contribution >= 4 is 33.0 Å². The number of nitrogens with one attached hydrogen (secondary N) is 1. The third kappa shape index (κ3) is 5.65. The van der Waals surface area contributed by atoms with Crippen molar-refractivity contribution in [1.82, 2.24) is 14.8 Å². The predicted octanol–water partition coefficient (Wildman–Crippen LogP) is 4.08. The maximum Gasteiger partial charge on any atom is 0.261 e. The molecule has 9 heteroatoms. The van der Waals surface area contributed by atoms with Crippen LogP contribution in [0.2, 0.25) is 0 Å². The lowest BCUT2D eigenvalue weighted by atomic mass is 10.1. The highest BCUT2D eigenvalue weighted by Gasteiger charge is 2.23. The number of carbonyl (C=O) groups excluding carboxylic acids is 1. The minimum Gasteiger partial charge on any atom is -0.336 e. The maximum atomic E-state index is 13.0. The van der Waals surface area contributed by atoms with Crippen molar-refractivity contribution in [2.75, 3.05) is 30.9 Å². The van der Waals surface area contributed by atoms with Gasteiger partial charge in [-0.05, 0) is 67.8 Å². The van der Waals surface area contributed by atoms with Gasteiger partial charge >= 0.3 is 0 Å². The fourth-order valence-corrected chi connectivity index (χ4v) is 5.69. The van der Waals surface area contributed by atoms with Crippen LogP contribution in [0.15, 0.2) is 52.7 Å². The predicted molar refractivity (Wildman–Crippen MR) is 136 cm³/mol. The molecule has 3 aromatic rings. The number of thiazole rings is 1. The summed E-state index contributed by atoms with van der Waals surface area (Å²) in [5.41, 5.74) is 4.21. The Morgan fingerprint density at radius 1 is 1.03 bits per heavy atom. The highest BCUT2D eigenvalue weighted by Crippen LogP contribution is 2.20. The molecule has 7 nitrogen and oxygen atoms in total. The smallest absolute Gasteiger partial charge is 0.261 e. The lowest BCUT2D eigenvalue weighted by Crippen LogP contribution is -2.48. The second kappa shape index (κ2) is 10.2. The average molecular weight is 499 g/mol. The summed E-state index contributed by atoms with van der Waals surface area (Å²) in [7, 11) is -3.73. The number of hydrogen-bond acceptors (Lipinski definition) is 6. The molecule has 1 aromatic heterocycles. The molecule has 0 unspecified atom stereocenters. The normalized spacial score (nSPS) is 14.9. The summed E-state index contributed by atoms with van der Waals surface area (Å²) in [4.78, 5) is 21.9. The lowest BCUT2D eigenvalue weighted by Gasteiger charge is -2.34. The summed E-state index contributed by atoms with van der Waals surface area (Å²) in [5.74, 6) is -0.0763. The van der Waals surface area contributed by atoms with Crippen molar-refractivity contribution in [3.8, 4) is 0 Å². The lowest BCUT2D eigenvalue weighted by molar-refractivity contribution is 0.0627. The number of sulfonamides is 1. The highest BCUT2D eigenvalue weighted by atomic mass is 32.2. The van der Waals surface area contributed by atoms with Gasteiger partial charge in [0.25, 0.3) is 15.9 Å². The third-order valence-corrected chi connectivity index (χ3v) is 8.56. The van der Waals surface area contributed by atoms with E-state index in [-0.39, 0.29) is 10.8 Å². The molecule has 4 rings (SSSR count). The Bertz CT molecular complexity index is 1260. The summed E-state index contributed by atoms with van der Waals surface area (Å²) in [6.45, 7) is 9.68. The van der Waals surface area contributed by atoms with Crippen molar-refractivity contribution in [3.63, 3.8) is 0 Å². The Morgan fingerprint density at radius 2 is 1.74 bits per heavy atom. The molecule has 1 aliphatic rings. The van der Waals surface area contributed by atoms with Gasteiger partial charge in [-0.15, -0.1) is 11.3 Å². The number of rotatable bonds is 7. The summed E-state index contributed by atoms with van der Waals surface area (Å²) in [5, 5.41) is 3.26. The molecule has 0 spiro atoms. The second-order valence-electron chi connectivity index (χ2n) is 8.58. The van der Waals surface area contributed by atoms with Gasteiger partial charge in [0.05, 0.1) is 15.6 Å². The van der Waals surface area contributed by atoms with Gasteiger partial charge < -0.3 is 4.90 Å². The first-order valence-electron chi connectivity index (χ1n) is 11.4. The van der Waals surface area contributed by atoms with Crippen LogP contribution >= 0.6 is 11.3 Å². The highest BCUT2D eigenvalue weighted by molar-refractivity contribution is 7.92. The zero-order valence-corrected chi connectivity index (χ0v) is 21.4. The number of piperazine rings is 1. The van der Waals surface area contributed by atoms with Crippen LogP contribution < -0.4 is 4.72 Å². The Hall–Kier alpha value is -2.75. The molecule has 2 heterocycles. The summed E-state index contributed by atoms with van der Waals surface area (Å²) < 4.78 is 28.2. The van der Waals surface area contributed by atoms with E-state index in [9.17, 15) is 13.2 Å². The van der Waals surface area contributed by atoms with Crippen LogP contribution in [-0.2, 0) is 23.0 Å². The fourth-order valence-electron chi connectivity index (χ4n) is 3.90. The van der Waals surface area contributed by atoms with Gasteiger partial charge in [0.15, 0.2) is 0 Å². The van der Waals surface area contributed by atoms with Gasteiger partial charge in [-0.2, -0.15) is 0 Å². The first-order valence-corrected chi connectivity index (χ1v) is 13.8. The molecule has 1 fully saturated rings. The molecule has 1 saturated heterocycles. The maximum absolute atomic E-state index is 13.0. The van der Waals surface area contributed by atoms with E-state index in [4.69, 9.17) is 0 Å². The van der Waals surface area contributed by atoms with Crippen LogP contribution in [0.25, 0.3) is 0 Å². The van der Waals surface area contributed by atoms with Crippen molar-refractivity contribution < 1.29 is 13.2 Å². The van der Waals surface area contributed by atoms with Crippen LogP contribution in [0.1, 0.15) is 39.1 Å². The Kier molecular flexibility index (Phi) is 7.35. The molecule has 2 aromatic carbocycles. The Morgan fingerprint density at radius 3 is 2.35 bits per heavy atom. The van der Waals surface area contributed by atoms with Crippen molar-refractivity contribution in [2.24, 2.45) is 0 Å². The number of aryl methyl sites for hydroxylation is 3. The number of nitrogens with zero attached hydrogens (tertiary/aromatic N) is 3. The molecule has 0 radical (unpaired) electrons. The minimum atomic E-state index is -3.73. The molecule has 1 amide bonds. The third-order valence-electron chi connectivity index (χ3n) is 6.12. The van der Waals surface area contributed by atoms with Gasteiger partial charge in [0.2, 0.25) is 0 Å². The molecular weight excluding hydrogens is 468 g/mol. The average Bonchev–Trinajstić information content (AvgIpc) is 3.29. The van der Waals surface area contributed by atoms with Crippen molar-refractivity contribution in [2.45, 2.75) is 38.6 Å². The van der Waals surface area contributed by atoms with Crippen molar-refractivity contribution in [1.29, 1.82) is 0 Å². The molecule has 0 bridgehead atoms. The van der Waals surface area contributed by atoms with E-state index in [2.05, 4.69) is 26.9 Å². The van der Waals surface area contributed by atoms with Crippen molar-refractivity contribution in [3.05, 3.63) is 75.2 Å². The summed E-state index contributed by atoms with van der Waals surface area (Å²) >= 11 is 1.70. The zero-order chi connectivity index (χ0) is 24.3. The van der Waals surface area contributed by atoms with Gasteiger partial charge in [0, 0.05) is 49.4 Å². The van der Waals surface area contributed by atoms with Crippen LogP contribution in [0.4, 0.5) is 5.69 Å². The Balaban J connectivity index is 1.35. The molecule has 1 N–H and O–H groups in total. The standard InChI is InChI=1S/C25H30N4O3S2/c1-4-24-26-22(17-33-24)16-28-11-13-29(14-12-28)25(30)20-6-9-23(10-7-20)34(31,32)27-21-8-5-18(2)19(3)15-21/h5-10,15,17,27H,4,11-14,16H2,1-3H3. The monoisotopic (exact) mass is 498 g/mol. The largest absolute Gasteiger partial charge is 0.336 e. The van der Waals surface area contributed by atoms with Gasteiger partial charge in [-0.1, -0.05) is 13.0 Å². The number of carbonyl (C=O) groups is 1. The zero-order valence-electron chi connectivity index (χ0n) is 19.7. The SMILES string of the molecule is CCc1nc(CN2CCN(C(=O)c3ccc(S(=O)(=O)Nc4ccc(C)c(C)c4)cc3)CC2)cs1. The first kappa shape index (κ1) is 24.4. The minimum absolute atomic E-state index is 0.0763. The topological polar surface area (TPSA) is 82.6 Å². The molecular formula is C25H30N4O3S2. The van der Waals surface area contributed by atoms with Gasteiger partial charge in [0.1, 0.15) is 0 Å². The molecule has 0 atom stereocenters. The van der Waals surface area contributed by atoms with Crippen LogP contribution in [0.5, 0.6) is 0 Å². The second-order valence-corrected chi connectivity index (χ2v) is 11.2. The van der Waals surface area contributed by atoms with Gasteiger partial charge in [-0.25, -0.2) is 13.4 Å². The van der Waals surface area contributed by atoms with Crippen LogP contribution in [-0.4, -0.2) is 55.3 Å². The molecule has 34 heavy (non-hydrogen) atoms. The molecule has 0 aliphatic carbocycles. The van der Waals surface area contributed by atoms with Crippen LogP contribution in [0.3, 0.4) is 0 Å².